The minimum Gasteiger partial charge on any atom is -0.411 e. The Morgan fingerprint density at radius 1 is 1.32 bits per heavy atom. The van der Waals surface area contributed by atoms with Gasteiger partial charge in [-0.3, -0.25) is 0 Å². The van der Waals surface area contributed by atoms with E-state index in [0.29, 0.717) is 12.8 Å². The Hall–Kier alpha value is -2.47. The van der Waals surface area contributed by atoms with Gasteiger partial charge < -0.3 is 20.3 Å². The Morgan fingerprint density at radius 3 is 2.95 bits per heavy atom. The smallest absolute Gasteiger partial charge is 0.129 e. The number of aliphatic hydroxyl groups is 1. The lowest BCUT2D eigenvalue weighted by Gasteiger charge is -2.34. The summed E-state index contributed by atoms with van der Waals surface area (Å²) in [5, 5.41) is 30.7. The molecule has 22 heavy (non-hydrogen) atoms. The van der Waals surface area contributed by atoms with E-state index in [0.717, 1.165) is 16.8 Å². The van der Waals surface area contributed by atoms with Crippen LogP contribution < -0.4 is 0 Å². The first kappa shape index (κ1) is 13.2. The zero-order valence-corrected chi connectivity index (χ0v) is 11.8. The molecular weight excluding hydrogens is 280 g/mol. The third-order valence-electron chi connectivity index (χ3n) is 4.76. The van der Waals surface area contributed by atoms with Crippen LogP contribution in [0.1, 0.15) is 24.4 Å². The molecule has 2 aliphatic rings. The van der Waals surface area contributed by atoms with Crippen LogP contribution in [0.15, 0.2) is 41.9 Å². The van der Waals surface area contributed by atoms with Crippen LogP contribution in [0.5, 0.6) is 0 Å². The van der Waals surface area contributed by atoms with Gasteiger partial charge in [-0.05, 0) is 18.4 Å². The fraction of sp³-hybridized carbons (Fsp3) is 0.312. The van der Waals surface area contributed by atoms with Crippen molar-refractivity contribution < 1.29 is 10.3 Å². The number of aromatic nitrogens is 2. The molecule has 0 bridgehead atoms. The summed E-state index contributed by atoms with van der Waals surface area (Å²) in [5.41, 5.74) is 3.61. The van der Waals surface area contributed by atoms with Crippen molar-refractivity contribution in [3.8, 4) is 11.3 Å². The number of hydrogen-bond donors (Lipinski definition) is 3. The minimum atomic E-state index is -0.947. The number of benzene rings is 1. The molecular formula is C16H16N4O2. The molecule has 0 saturated heterocycles. The highest BCUT2D eigenvalue weighted by Gasteiger charge is 2.42. The van der Waals surface area contributed by atoms with Gasteiger partial charge in [-0.2, -0.15) is 0 Å². The van der Waals surface area contributed by atoms with Gasteiger partial charge in [0.1, 0.15) is 11.8 Å². The maximum Gasteiger partial charge on any atom is 0.129 e. The minimum absolute atomic E-state index is 0.0476. The molecule has 4 rings (SSSR count). The standard InChI is InChI=1S/C16H16N4O2/c17-12-6-5-11(16(21)14(12)19-22)15-10-4-2-1-3-9(10)13-7-18-8-20(13)15/h1-4,7-8,11,15-17,21-22H,5-6H2/b17-12?,19-14+. The zero-order chi connectivity index (χ0) is 15.3. The van der Waals surface area contributed by atoms with Crippen molar-refractivity contribution in [1.82, 2.24) is 9.55 Å². The van der Waals surface area contributed by atoms with Crippen molar-refractivity contribution in [2.24, 2.45) is 11.1 Å². The molecule has 1 aromatic carbocycles. The van der Waals surface area contributed by atoms with Crippen LogP contribution in [-0.4, -0.2) is 37.4 Å². The number of nitrogens with one attached hydrogen (secondary N) is 1. The zero-order valence-electron chi connectivity index (χ0n) is 11.8. The van der Waals surface area contributed by atoms with E-state index in [1.165, 1.54) is 0 Å². The Balaban J connectivity index is 1.82. The Bertz CT molecular complexity index is 780. The highest BCUT2D eigenvalue weighted by atomic mass is 16.4. The SMILES string of the molecule is N=C1CCC(C2c3ccccc3-c3cncn32)C(O)/C1=N/O. The second-order valence-electron chi connectivity index (χ2n) is 5.83. The van der Waals surface area contributed by atoms with Gasteiger partial charge in [0.15, 0.2) is 0 Å². The van der Waals surface area contributed by atoms with E-state index in [9.17, 15) is 5.11 Å². The van der Waals surface area contributed by atoms with E-state index >= 15 is 0 Å². The van der Waals surface area contributed by atoms with Gasteiger partial charge in [-0.25, -0.2) is 4.98 Å². The van der Waals surface area contributed by atoms with Gasteiger partial charge in [-0.1, -0.05) is 29.4 Å². The number of fused-ring (bicyclic) bond motifs is 3. The van der Waals surface area contributed by atoms with Gasteiger partial charge in [0, 0.05) is 11.5 Å². The molecule has 1 saturated carbocycles. The number of oxime groups is 1. The van der Waals surface area contributed by atoms with Gasteiger partial charge >= 0.3 is 0 Å². The average Bonchev–Trinajstić information content (AvgIpc) is 3.09. The monoisotopic (exact) mass is 296 g/mol. The molecule has 0 radical (unpaired) electrons. The van der Waals surface area contributed by atoms with Crippen LogP contribution >= 0.6 is 0 Å². The van der Waals surface area contributed by atoms with E-state index in [-0.39, 0.29) is 23.4 Å². The van der Waals surface area contributed by atoms with Gasteiger partial charge in [0.2, 0.25) is 0 Å². The summed E-state index contributed by atoms with van der Waals surface area (Å²) in [6.45, 7) is 0. The number of aliphatic hydroxyl groups excluding tert-OH is 1. The van der Waals surface area contributed by atoms with Crippen molar-refractivity contribution >= 4 is 11.4 Å². The Kier molecular flexibility index (Phi) is 2.87. The molecule has 2 aromatic rings. The maximum atomic E-state index is 10.6. The summed E-state index contributed by atoms with van der Waals surface area (Å²) in [6, 6.07) is 8.06. The van der Waals surface area contributed by atoms with Crippen molar-refractivity contribution in [2.45, 2.75) is 25.0 Å². The Labute approximate surface area is 127 Å². The van der Waals surface area contributed by atoms with Crippen LogP contribution in [0, 0.1) is 11.3 Å². The largest absolute Gasteiger partial charge is 0.411 e. The fourth-order valence-electron chi connectivity index (χ4n) is 3.74. The van der Waals surface area contributed by atoms with Crippen molar-refractivity contribution in [3.63, 3.8) is 0 Å². The molecule has 112 valence electrons. The summed E-state index contributed by atoms with van der Waals surface area (Å²) in [7, 11) is 0. The lowest BCUT2D eigenvalue weighted by molar-refractivity contribution is 0.131. The summed E-state index contributed by atoms with van der Waals surface area (Å²) in [4.78, 5) is 4.23. The van der Waals surface area contributed by atoms with Crippen LogP contribution in [0.25, 0.3) is 11.3 Å². The van der Waals surface area contributed by atoms with Crippen LogP contribution in [0.2, 0.25) is 0 Å². The molecule has 3 atom stereocenters. The van der Waals surface area contributed by atoms with E-state index in [4.69, 9.17) is 10.6 Å². The number of hydrogen-bond acceptors (Lipinski definition) is 5. The molecule has 0 amide bonds. The summed E-state index contributed by atoms with van der Waals surface area (Å²) < 4.78 is 2.07. The Morgan fingerprint density at radius 2 is 2.14 bits per heavy atom. The lowest BCUT2D eigenvalue weighted by atomic mass is 9.77. The number of imidazole rings is 1. The summed E-state index contributed by atoms with van der Waals surface area (Å²) >= 11 is 0. The predicted octanol–water partition coefficient (Wildman–Crippen LogP) is 2.07. The average molecular weight is 296 g/mol. The van der Waals surface area contributed by atoms with Crippen molar-refractivity contribution in [1.29, 1.82) is 5.41 Å². The first-order valence-corrected chi connectivity index (χ1v) is 7.31. The van der Waals surface area contributed by atoms with Crippen LogP contribution in [-0.2, 0) is 0 Å². The van der Waals surface area contributed by atoms with Gasteiger partial charge in [0.25, 0.3) is 0 Å². The highest BCUT2D eigenvalue weighted by Crippen LogP contribution is 2.46. The van der Waals surface area contributed by atoms with Gasteiger partial charge in [0.05, 0.1) is 30.0 Å². The lowest BCUT2D eigenvalue weighted by Crippen LogP contribution is -2.43. The highest BCUT2D eigenvalue weighted by molar-refractivity contribution is 6.43. The third kappa shape index (κ3) is 1.67. The predicted molar refractivity (Wildman–Crippen MR) is 81.5 cm³/mol. The maximum absolute atomic E-state index is 10.6. The molecule has 1 aliphatic carbocycles. The van der Waals surface area contributed by atoms with Crippen molar-refractivity contribution in [3.05, 3.63) is 42.4 Å². The molecule has 3 unspecified atom stereocenters. The number of rotatable bonds is 1. The second-order valence-corrected chi connectivity index (χ2v) is 5.83. The molecule has 6 heteroatoms. The molecule has 1 aromatic heterocycles. The molecule has 1 aliphatic heterocycles. The van der Waals surface area contributed by atoms with E-state index in [1.807, 2.05) is 18.3 Å². The first-order chi connectivity index (χ1) is 10.7. The van der Waals surface area contributed by atoms with E-state index in [2.05, 4.69) is 26.8 Å². The molecule has 2 heterocycles. The van der Waals surface area contributed by atoms with Crippen molar-refractivity contribution in [2.75, 3.05) is 0 Å². The molecule has 6 nitrogen and oxygen atoms in total. The first-order valence-electron chi connectivity index (χ1n) is 7.31. The van der Waals surface area contributed by atoms with Crippen LogP contribution in [0.4, 0.5) is 0 Å². The molecule has 1 fully saturated rings. The summed E-state index contributed by atoms with van der Waals surface area (Å²) in [5.74, 6) is -0.142. The quantitative estimate of drug-likeness (QED) is 0.555. The molecule has 0 spiro atoms. The fourth-order valence-corrected chi connectivity index (χ4v) is 3.74. The van der Waals surface area contributed by atoms with Crippen LogP contribution in [0.3, 0.4) is 0 Å². The molecule has 3 N–H and O–H groups in total. The normalized spacial score (nSPS) is 28.7. The third-order valence-corrected chi connectivity index (χ3v) is 4.76. The summed E-state index contributed by atoms with van der Waals surface area (Å²) in [6.07, 6.45) is 3.84. The second kappa shape index (κ2) is 4.78. The number of nitrogens with zero attached hydrogens (tertiary/aromatic N) is 3. The van der Waals surface area contributed by atoms with E-state index in [1.54, 1.807) is 6.33 Å². The van der Waals surface area contributed by atoms with Gasteiger partial charge in [-0.15, -0.1) is 0 Å². The van der Waals surface area contributed by atoms with E-state index < -0.39 is 6.10 Å². The topological polar surface area (TPSA) is 94.5 Å².